The van der Waals surface area contributed by atoms with Crippen LogP contribution < -0.4 is 5.56 Å². The van der Waals surface area contributed by atoms with E-state index in [0.717, 1.165) is 57.1 Å². The van der Waals surface area contributed by atoms with E-state index in [0.29, 0.717) is 30.1 Å². The molecule has 52 heavy (non-hydrogen) atoms. The number of aromatic nitrogens is 2. The number of carbonyl (C=O) groups excluding carboxylic acids is 2. The van der Waals surface area contributed by atoms with Crippen LogP contribution in [-0.4, -0.2) is 57.4 Å². The Labute approximate surface area is 312 Å². The zero-order chi connectivity index (χ0) is 38.8. The highest BCUT2D eigenvalue weighted by Crippen LogP contribution is 2.75. The molecule has 9 heteroatoms. The van der Waals surface area contributed by atoms with Gasteiger partial charge in [-0.05, 0) is 124 Å². The molecule has 1 heterocycles. The van der Waals surface area contributed by atoms with Crippen molar-refractivity contribution in [3.63, 3.8) is 0 Å². The molecule has 1 amide bonds. The molecule has 1 aromatic rings. The largest absolute Gasteiger partial charge is 0.481 e. The van der Waals surface area contributed by atoms with Gasteiger partial charge in [-0.25, -0.2) is 4.68 Å². The predicted molar refractivity (Wildman–Crippen MR) is 205 cm³/mol. The third-order valence-electron chi connectivity index (χ3n) is 15.8. The first-order valence-corrected chi connectivity index (χ1v) is 20.2. The van der Waals surface area contributed by atoms with Gasteiger partial charge in [-0.3, -0.25) is 23.9 Å². The van der Waals surface area contributed by atoms with Crippen LogP contribution in [0.15, 0.2) is 22.0 Å². The summed E-state index contributed by atoms with van der Waals surface area (Å²) < 4.78 is 9.60. The molecular formula is C43H69N3O6. The second-order valence-corrected chi connectivity index (χ2v) is 19.3. The molecule has 0 unspecified atom stereocenters. The van der Waals surface area contributed by atoms with Crippen molar-refractivity contribution < 1.29 is 24.2 Å². The molecule has 3 fully saturated rings. The number of carbonyl (C=O) groups is 3. The monoisotopic (exact) mass is 724 g/mol. The normalized spacial score (nSPS) is 33.7. The van der Waals surface area contributed by atoms with Gasteiger partial charge in [-0.2, -0.15) is 0 Å². The van der Waals surface area contributed by atoms with Crippen LogP contribution in [0.3, 0.4) is 0 Å². The molecule has 1 N–H and O–H groups in total. The van der Waals surface area contributed by atoms with Crippen LogP contribution >= 0.6 is 0 Å². The van der Waals surface area contributed by atoms with Crippen molar-refractivity contribution >= 4 is 17.8 Å². The summed E-state index contributed by atoms with van der Waals surface area (Å²) in [5.74, 6) is 0.450. The lowest BCUT2D eigenvalue weighted by molar-refractivity contribution is -0.184. The van der Waals surface area contributed by atoms with E-state index in [2.05, 4.69) is 48.5 Å². The molecule has 5 rings (SSSR count). The fourth-order valence-electron chi connectivity index (χ4n) is 12.0. The highest BCUT2D eigenvalue weighted by molar-refractivity contribution is 5.81. The number of esters is 1. The van der Waals surface area contributed by atoms with Gasteiger partial charge in [-0.1, -0.05) is 59.6 Å². The molecule has 3 saturated carbocycles. The Morgan fingerprint density at radius 1 is 1.04 bits per heavy atom. The van der Waals surface area contributed by atoms with Gasteiger partial charge in [0.15, 0.2) is 0 Å². The van der Waals surface area contributed by atoms with E-state index >= 15 is 0 Å². The lowest BCUT2D eigenvalue weighted by Gasteiger charge is -2.69. The van der Waals surface area contributed by atoms with E-state index in [9.17, 15) is 24.3 Å². The third kappa shape index (κ3) is 6.41. The number of ether oxygens (including phenoxy) is 1. The SMILES string of the molecule is CC[C@H](CC[C@@]1(C)[C@H](C)CC[C@]2(C)[C@@H]1CC[C@@H]1C3=C(C(C)C)CC[C@]3(c3cc(=O)n(CC(=O)N(C)C)n3C)CC[C@]12C)OC(=O)CC(C)(C)C(=O)O. The number of hydrogen-bond acceptors (Lipinski definition) is 5. The van der Waals surface area contributed by atoms with Gasteiger partial charge >= 0.3 is 11.9 Å². The lowest BCUT2D eigenvalue weighted by Crippen LogP contribution is -2.62. The molecule has 0 spiro atoms. The minimum atomic E-state index is -1.15. The average Bonchev–Trinajstić information content (AvgIpc) is 3.59. The van der Waals surface area contributed by atoms with Gasteiger partial charge in [0.05, 0.1) is 17.5 Å². The molecule has 4 aliphatic rings. The standard InChI is InChI=1S/C43H69N3O6/c1-13-29(52-36(49)25-39(5,6)38(50)51)17-19-40(7)28(4)16-20-42(9)32(40)15-14-31-37-30(27(2)3)18-21-43(37,23-22-41(31,42)8)33-24-34(47)46(45(33)12)26-35(48)44(10)11/h24,27-29,31-32H,13-23,25-26H2,1-12H3,(H,50,51)/t28-,29-,31-,32-,40+,41-,42-,43-/m1/s1. The van der Waals surface area contributed by atoms with Crippen LogP contribution in [0, 0.1) is 45.3 Å². The quantitative estimate of drug-likeness (QED) is 0.172. The first kappa shape index (κ1) is 40.3. The van der Waals surface area contributed by atoms with E-state index in [1.54, 1.807) is 48.7 Å². The van der Waals surface area contributed by atoms with Crippen molar-refractivity contribution in [3.8, 4) is 0 Å². The number of nitrogens with zero attached hydrogens (tertiary/aromatic N) is 3. The fourth-order valence-corrected chi connectivity index (χ4v) is 12.0. The zero-order valence-electron chi connectivity index (χ0n) is 34.5. The number of hydrogen-bond donors (Lipinski definition) is 1. The highest BCUT2D eigenvalue weighted by atomic mass is 16.5. The van der Waals surface area contributed by atoms with Crippen molar-refractivity contribution in [3.05, 3.63) is 33.3 Å². The molecule has 0 bridgehead atoms. The molecular weight excluding hydrogens is 654 g/mol. The molecule has 9 nitrogen and oxygen atoms in total. The maximum absolute atomic E-state index is 13.5. The van der Waals surface area contributed by atoms with Gasteiger partial charge in [-0.15, -0.1) is 0 Å². The molecule has 8 atom stereocenters. The van der Waals surface area contributed by atoms with Crippen molar-refractivity contribution in [2.75, 3.05) is 14.1 Å². The first-order valence-electron chi connectivity index (χ1n) is 20.2. The van der Waals surface area contributed by atoms with Crippen molar-refractivity contribution in [1.29, 1.82) is 0 Å². The Morgan fingerprint density at radius 2 is 1.71 bits per heavy atom. The number of rotatable bonds is 12. The summed E-state index contributed by atoms with van der Waals surface area (Å²) in [7, 11) is 5.45. The first-order chi connectivity index (χ1) is 24.1. The second kappa shape index (κ2) is 14.1. The fraction of sp³-hybridized carbons (Fsp3) is 0.814. The van der Waals surface area contributed by atoms with Crippen molar-refractivity contribution in [2.24, 2.45) is 52.4 Å². The molecule has 1 aromatic heterocycles. The lowest BCUT2D eigenvalue weighted by atomic mass is 9.35. The number of allylic oxidation sites excluding steroid dienone is 2. The van der Waals surface area contributed by atoms with Gasteiger partial charge in [0.2, 0.25) is 5.91 Å². The van der Waals surface area contributed by atoms with E-state index < -0.39 is 17.4 Å². The number of aliphatic carboxylic acids is 1. The van der Waals surface area contributed by atoms with E-state index in [1.807, 2.05) is 17.8 Å². The topological polar surface area (TPSA) is 111 Å². The van der Waals surface area contributed by atoms with Gasteiger partial charge in [0.1, 0.15) is 12.6 Å². The summed E-state index contributed by atoms with van der Waals surface area (Å²) >= 11 is 0. The average molecular weight is 724 g/mol. The summed E-state index contributed by atoms with van der Waals surface area (Å²) in [4.78, 5) is 52.4. The maximum atomic E-state index is 13.5. The second-order valence-electron chi connectivity index (χ2n) is 19.3. The van der Waals surface area contributed by atoms with Crippen LogP contribution in [0.1, 0.15) is 145 Å². The Bertz CT molecular complexity index is 1650. The van der Waals surface area contributed by atoms with Gasteiger partial charge in [0, 0.05) is 32.6 Å². The van der Waals surface area contributed by atoms with Crippen molar-refractivity contribution in [2.45, 2.75) is 157 Å². The third-order valence-corrected chi connectivity index (χ3v) is 15.8. The number of carboxylic acids is 1. The van der Waals surface area contributed by atoms with Crippen LogP contribution in [0.2, 0.25) is 0 Å². The molecule has 0 radical (unpaired) electrons. The van der Waals surface area contributed by atoms with Crippen molar-refractivity contribution in [1.82, 2.24) is 14.3 Å². The van der Waals surface area contributed by atoms with Crippen LogP contribution in [0.4, 0.5) is 0 Å². The number of amides is 1. The van der Waals surface area contributed by atoms with Gasteiger partial charge < -0.3 is 14.7 Å². The Morgan fingerprint density at radius 3 is 2.31 bits per heavy atom. The molecule has 0 aliphatic heterocycles. The molecule has 4 aliphatic carbocycles. The van der Waals surface area contributed by atoms with E-state index in [1.165, 1.54) is 12.8 Å². The summed E-state index contributed by atoms with van der Waals surface area (Å²) in [6.07, 6.45) is 11.0. The van der Waals surface area contributed by atoms with Crippen LogP contribution in [0.25, 0.3) is 0 Å². The highest BCUT2D eigenvalue weighted by Gasteiger charge is 2.67. The minimum absolute atomic E-state index is 0.0462. The van der Waals surface area contributed by atoms with Crippen LogP contribution in [-0.2, 0) is 38.1 Å². The molecule has 0 saturated heterocycles. The summed E-state index contributed by atoms with van der Waals surface area (Å²) in [5.41, 5.74) is 3.16. The zero-order valence-corrected chi connectivity index (χ0v) is 34.5. The predicted octanol–water partition coefficient (Wildman–Crippen LogP) is 8.13. The Hall–Kier alpha value is -2.84. The summed E-state index contributed by atoms with van der Waals surface area (Å²) in [6, 6.07) is 1.85. The minimum Gasteiger partial charge on any atom is -0.481 e. The van der Waals surface area contributed by atoms with Gasteiger partial charge in [0.25, 0.3) is 5.56 Å². The summed E-state index contributed by atoms with van der Waals surface area (Å²) in [6.45, 7) is 20.1. The number of carboxylic acid groups (broad SMARTS) is 1. The Balaban J connectivity index is 1.46. The van der Waals surface area contributed by atoms with E-state index in [-0.39, 0.29) is 52.2 Å². The smallest absolute Gasteiger partial charge is 0.309 e. The van der Waals surface area contributed by atoms with Crippen LogP contribution in [0.5, 0.6) is 0 Å². The van der Waals surface area contributed by atoms with E-state index in [4.69, 9.17) is 4.74 Å². The number of fused-ring (bicyclic) bond motifs is 5. The maximum Gasteiger partial charge on any atom is 0.309 e. The Kier molecular flexibility index (Phi) is 10.9. The summed E-state index contributed by atoms with van der Waals surface area (Å²) in [5, 5.41) is 9.55. The molecule has 292 valence electrons. The molecule has 0 aromatic carbocycles. The number of likely N-dealkylation sites (N-methyl/N-ethyl adjacent to an activating group) is 1.